The SMILES string of the molecule is CC1=C(C(=O)N2CCc3ncc(C(F)(F)F)cc3C2)C2(CCN(CC3CCOC3)CC2)OC1=O. The van der Waals surface area contributed by atoms with Crippen molar-refractivity contribution < 1.29 is 32.2 Å². The highest BCUT2D eigenvalue weighted by atomic mass is 19.4. The average molecular weight is 479 g/mol. The third-order valence-electron chi connectivity index (χ3n) is 7.50. The van der Waals surface area contributed by atoms with Gasteiger partial charge in [0, 0.05) is 76.1 Å². The van der Waals surface area contributed by atoms with Crippen LogP contribution in [0.25, 0.3) is 0 Å². The number of esters is 1. The fraction of sp³-hybridized carbons (Fsp3) is 0.625. The van der Waals surface area contributed by atoms with Gasteiger partial charge in [-0.15, -0.1) is 0 Å². The van der Waals surface area contributed by atoms with Gasteiger partial charge in [-0.3, -0.25) is 9.78 Å². The molecule has 0 radical (unpaired) electrons. The van der Waals surface area contributed by atoms with Gasteiger partial charge in [0.05, 0.1) is 17.7 Å². The van der Waals surface area contributed by atoms with Crippen molar-refractivity contribution in [2.45, 2.75) is 50.9 Å². The second kappa shape index (κ2) is 8.64. The zero-order chi connectivity index (χ0) is 24.1. The predicted octanol–water partition coefficient (Wildman–Crippen LogP) is 2.73. The first-order valence-corrected chi connectivity index (χ1v) is 11.8. The highest BCUT2D eigenvalue weighted by Crippen LogP contribution is 2.42. The van der Waals surface area contributed by atoms with Crippen LogP contribution in [-0.4, -0.2) is 71.7 Å². The maximum absolute atomic E-state index is 13.6. The largest absolute Gasteiger partial charge is 0.450 e. The number of likely N-dealkylation sites (tertiary alicyclic amines) is 1. The van der Waals surface area contributed by atoms with Gasteiger partial charge in [0.2, 0.25) is 0 Å². The quantitative estimate of drug-likeness (QED) is 0.621. The normalized spacial score (nSPS) is 25.1. The van der Waals surface area contributed by atoms with Crippen molar-refractivity contribution in [3.05, 3.63) is 40.2 Å². The minimum Gasteiger partial charge on any atom is -0.450 e. The van der Waals surface area contributed by atoms with Crippen LogP contribution in [-0.2, 0) is 38.2 Å². The highest BCUT2D eigenvalue weighted by molar-refractivity contribution is 6.07. The number of aromatic nitrogens is 1. The fourth-order valence-corrected chi connectivity index (χ4v) is 5.56. The molecule has 1 atom stereocenters. The first-order chi connectivity index (χ1) is 16.2. The number of hydrogen-bond donors (Lipinski definition) is 0. The van der Waals surface area contributed by atoms with Gasteiger partial charge in [0.1, 0.15) is 5.60 Å². The number of carbonyl (C=O) groups is 2. The molecule has 0 bridgehead atoms. The van der Waals surface area contributed by atoms with Crippen LogP contribution in [0.4, 0.5) is 13.2 Å². The minimum absolute atomic E-state index is 0.0277. The molecule has 0 aliphatic carbocycles. The Bertz CT molecular complexity index is 1020. The minimum atomic E-state index is -4.50. The number of piperidine rings is 1. The summed E-state index contributed by atoms with van der Waals surface area (Å²) in [5, 5.41) is 0. The van der Waals surface area contributed by atoms with E-state index in [1.54, 1.807) is 6.92 Å². The molecule has 7 nitrogen and oxygen atoms in total. The number of nitrogens with zero attached hydrogens (tertiary/aromatic N) is 3. The van der Waals surface area contributed by atoms with Crippen molar-refractivity contribution >= 4 is 11.9 Å². The first kappa shape index (κ1) is 23.3. The molecule has 0 saturated carbocycles. The molecule has 4 aliphatic rings. The van der Waals surface area contributed by atoms with E-state index in [2.05, 4.69) is 9.88 Å². The van der Waals surface area contributed by atoms with Crippen molar-refractivity contribution in [3.8, 4) is 0 Å². The molecule has 184 valence electrons. The summed E-state index contributed by atoms with van der Waals surface area (Å²) in [5.41, 5.74) is -0.166. The van der Waals surface area contributed by atoms with Crippen LogP contribution in [0.2, 0.25) is 0 Å². The van der Waals surface area contributed by atoms with Gasteiger partial charge in [-0.2, -0.15) is 13.2 Å². The van der Waals surface area contributed by atoms with Crippen LogP contribution in [0.15, 0.2) is 23.4 Å². The monoisotopic (exact) mass is 479 g/mol. The molecule has 0 aromatic carbocycles. The Morgan fingerprint density at radius 1 is 1.26 bits per heavy atom. The van der Waals surface area contributed by atoms with Gasteiger partial charge in [-0.25, -0.2) is 4.79 Å². The van der Waals surface area contributed by atoms with E-state index in [9.17, 15) is 22.8 Å². The summed E-state index contributed by atoms with van der Waals surface area (Å²) in [7, 11) is 0. The molecule has 0 N–H and O–H groups in total. The Morgan fingerprint density at radius 2 is 2.03 bits per heavy atom. The fourth-order valence-electron chi connectivity index (χ4n) is 5.56. The lowest BCUT2D eigenvalue weighted by atomic mass is 9.82. The standard InChI is InChI=1S/C24H28F3N3O4/c1-15-20(21(31)30-6-2-19-17(13-30)10-18(11-28-19)24(25,26)27)23(34-22(15)32)4-7-29(8-5-23)12-16-3-9-33-14-16/h10-11,16H,2-9,12-14H2,1H3. The molecule has 5 rings (SSSR count). The van der Waals surface area contributed by atoms with E-state index in [0.29, 0.717) is 67.2 Å². The lowest BCUT2D eigenvalue weighted by Crippen LogP contribution is -2.50. The van der Waals surface area contributed by atoms with Crippen molar-refractivity contribution in [3.63, 3.8) is 0 Å². The Balaban J connectivity index is 1.33. The van der Waals surface area contributed by atoms with Gasteiger partial charge in [-0.05, 0) is 30.9 Å². The van der Waals surface area contributed by atoms with Crippen molar-refractivity contribution in [1.29, 1.82) is 0 Å². The molecule has 5 heterocycles. The number of halogens is 3. The number of fused-ring (bicyclic) bond motifs is 1. The lowest BCUT2D eigenvalue weighted by Gasteiger charge is -2.41. The summed E-state index contributed by atoms with van der Waals surface area (Å²) in [6, 6.07) is 1.07. The van der Waals surface area contributed by atoms with Crippen LogP contribution in [0.1, 0.15) is 43.0 Å². The van der Waals surface area contributed by atoms with E-state index in [1.165, 1.54) is 4.90 Å². The molecule has 2 fully saturated rings. The number of pyridine rings is 1. The molecule has 4 aliphatic heterocycles. The Kier molecular flexibility index (Phi) is 5.92. The number of carbonyl (C=O) groups excluding carboxylic acids is 2. The summed E-state index contributed by atoms with van der Waals surface area (Å²) < 4.78 is 50.7. The van der Waals surface area contributed by atoms with Gasteiger partial charge in [0.15, 0.2) is 0 Å². The van der Waals surface area contributed by atoms with E-state index in [4.69, 9.17) is 9.47 Å². The Labute approximate surface area is 195 Å². The Morgan fingerprint density at radius 3 is 2.71 bits per heavy atom. The number of amides is 1. The highest BCUT2D eigenvalue weighted by Gasteiger charge is 2.52. The third kappa shape index (κ3) is 4.22. The molecule has 1 amide bonds. The van der Waals surface area contributed by atoms with Gasteiger partial charge >= 0.3 is 12.1 Å². The summed E-state index contributed by atoms with van der Waals surface area (Å²) in [6.45, 7) is 5.85. The number of rotatable bonds is 3. The van der Waals surface area contributed by atoms with E-state index < -0.39 is 23.3 Å². The zero-order valence-electron chi connectivity index (χ0n) is 19.1. The molecule has 1 aromatic rings. The van der Waals surface area contributed by atoms with Crippen molar-refractivity contribution in [2.75, 3.05) is 39.4 Å². The molecular formula is C24H28F3N3O4. The third-order valence-corrected chi connectivity index (χ3v) is 7.50. The summed E-state index contributed by atoms with van der Waals surface area (Å²) in [4.78, 5) is 34.0. The van der Waals surface area contributed by atoms with Gasteiger partial charge < -0.3 is 19.3 Å². The van der Waals surface area contributed by atoms with E-state index >= 15 is 0 Å². The molecular weight excluding hydrogens is 451 g/mol. The topological polar surface area (TPSA) is 72.0 Å². The maximum atomic E-state index is 13.6. The summed E-state index contributed by atoms with van der Waals surface area (Å²) >= 11 is 0. The zero-order valence-corrected chi connectivity index (χ0v) is 19.1. The molecule has 2 saturated heterocycles. The lowest BCUT2D eigenvalue weighted by molar-refractivity contribution is -0.151. The van der Waals surface area contributed by atoms with E-state index in [1.807, 2.05) is 0 Å². The van der Waals surface area contributed by atoms with E-state index in [-0.39, 0.29) is 12.5 Å². The maximum Gasteiger partial charge on any atom is 0.417 e. The number of hydrogen-bond acceptors (Lipinski definition) is 6. The van der Waals surface area contributed by atoms with Crippen LogP contribution < -0.4 is 0 Å². The first-order valence-electron chi connectivity index (χ1n) is 11.8. The second-order valence-corrected chi connectivity index (χ2v) is 9.72. The second-order valence-electron chi connectivity index (χ2n) is 9.72. The molecule has 34 heavy (non-hydrogen) atoms. The molecule has 1 spiro atoms. The van der Waals surface area contributed by atoms with Gasteiger partial charge in [-0.1, -0.05) is 0 Å². The van der Waals surface area contributed by atoms with Crippen LogP contribution in [0, 0.1) is 5.92 Å². The summed E-state index contributed by atoms with van der Waals surface area (Å²) in [5.74, 6) is -0.314. The van der Waals surface area contributed by atoms with Crippen molar-refractivity contribution in [1.82, 2.24) is 14.8 Å². The Hall–Kier alpha value is -2.46. The van der Waals surface area contributed by atoms with Crippen LogP contribution >= 0.6 is 0 Å². The average Bonchev–Trinajstić information content (AvgIpc) is 3.40. The predicted molar refractivity (Wildman–Crippen MR) is 114 cm³/mol. The smallest absolute Gasteiger partial charge is 0.417 e. The van der Waals surface area contributed by atoms with Crippen molar-refractivity contribution in [2.24, 2.45) is 5.92 Å². The number of ether oxygens (including phenoxy) is 2. The molecule has 10 heteroatoms. The van der Waals surface area contributed by atoms with Crippen LogP contribution in [0.5, 0.6) is 0 Å². The van der Waals surface area contributed by atoms with E-state index in [0.717, 1.165) is 38.4 Å². The van der Waals surface area contributed by atoms with Crippen LogP contribution in [0.3, 0.4) is 0 Å². The molecule has 1 aromatic heterocycles. The van der Waals surface area contributed by atoms with Gasteiger partial charge in [0.25, 0.3) is 5.91 Å². The molecule has 1 unspecified atom stereocenters. The number of alkyl halides is 3. The summed E-state index contributed by atoms with van der Waals surface area (Å²) in [6.07, 6.45) is -1.20.